The molecule has 0 rings (SSSR count). The van der Waals surface area contributed by atoms with E-state index in [-0.39, 0.29) is 25.8 Å². The second kappa shape index (κ2) is 41.5. The Balaban J connectivity index is 4.22. The zero-order valence-electron chi connectivity index (χ0n) is 38.0. The van der Waals surface area contributed by atoms with E-state index in [4.69, 9.17) is 18.5 Å². The molecular weight excluding hydrogens is 734 g/mol. The molecule has 0 saturated carbocycles. The summed E-state index contributed by atoms with van der Waals surface area (Å²) < 4.78 is 34.6. The van der Waals surface area contributed by atoms with Gasteiger partial charge in [0.05, 0.1) is 34.4 Å². The van der Waals surface area contributed by atoms with Crippen molar-refractivity contribution in [2.75, 3.05) is 54.1 Å². The third-order valence-electron chi connectivity index (χ3n) is 10.2. The fraction of sp³-hybridized carbons (Fsp3) is 0.854. The Labute approximate surface area is 353 Å². The Morgan fingerprint density at radius 1 is 0.544 bits per heavy atom. The molecule has 2 atom stereocenters. The summed E-state index contributed by atoms with van der Waals surface area (Å²) in [5, 5.41) is 0. The molecule has 0 aliphatic carbocycles. The number of carbonyl (C=O) groups is 1. The van der Waals surface area contributed by atoms with Gasteiger partial charge < -0.3 is 27.9 Å². The van der Waals surface area contributed by atoms with Crippen molar-refractivity contribution in [3.05, 3.63) is 36.5 Å². The van der Waals surface area contributed by atoms with E-state index in [2.05, 4.69) is 50.3 Å². The summed E-state index contributed by atoms with van der Waals surface area (Å²) in [4.78, 5) is 25.1. The van der Waals surface area contributed by atoms with Crippen molar-refractivity contribution in [1.29, 1.82) is 0 Å². The number of likely N-dealkylation sites (N-methyl/N-ethyl adjacent to an activating group) is 1. The lowest BCUT2D eigenvalue weighted by Crippen LogP contribution is -2.37. The van der Waals surface area contributed by atoms with Crippen LogP contribution in [0.3, 0.4) is 0 Å². The van der Waals surface area contributed by atoms with Crippen LogP contribution in [0.25, 0.3) is 0 Å². The highest BCUT2D eigenvalue weighted by molar-refractivity contribution is 7.45. The number of ether oxygens (including phenoxy) is 2. The van der Waals surface area contributed by atoms with Gasteiger partial charge in [-0.05, 0) is 70.6 Å². The smallest absolute Gasteiger partial charge is 0.306 e. The summed E-state index contributed by atoms with van der Waals surface area (Å²) in [5.41, 5.74) is 0. The van der Waals surface area contributed by atoms with Gasteiger partial charge in [-0.1, -0.05) is 166 Å². The van der Waals surface area contributed by atoms with Crippen molar-refractivity contribution >= 4 is 13.8 Å². The average Bonchev–Trinajstić information content (AvgIpc) is 3.16. The second-order valence-electron chi connectivity index (χ2n) is 17.1. The van der Waals surface area contributed by atoms with Gasteiger partial charge in [-0.25, -0.2) is 0 Å². The Kier molecular flexibility index (Phi) is 40.5. The highest BCUT2D eigenvalue weighted by Crippen LogP contribution is 2.38. The largest absolute Gasteiger partial charge is 0.756 e. The van der Waals surface area contributed by atoms with Crippen LogP contribution < -0.4 is 4.89 Å². The summed E-state index contributed by atoms with van der Waals surface area (Å²) in [7, 11) is 1.35. The standard InChI is InChI=1S/C48H92NO7P/c1-6-8-10-12-14-16-18-20-22-24-25-27-29-31-33-35-37-39-41-48(50)56-47(46-55-57(51,52)54-44-42-49(3,4)5)45-53-43-40-38-36-34-32-30-28-26-23-21-19-17-15-13-11-9-7-2/h17,19,22-24,26,47H,6-16,18,20-21,25,27-46H2,1-5H3/b19-17-,24-22-,26-23-. The second-order valence-corrected chi connectivity index (χ2v) is 18.5. The van der Waals surface area contributed by atoms with Gasteiger partial charge in [0, 0.05) is 13.0 Å². The molecule has 0 heterocycles. The zero-order valence-corrected chi connectivity index (χ0v) is 38.9. The molecule has 0 N–H and O–H groups in total. The van der Waals surface area contributed by atoms with E-state index >= 15 is 0 Å². The maximum Gasteiger partial charge on any atom is 0.306 e. The minimum Gasteiger partial charge on any atom is -0.756 e. The van der Waals surface area contributed by atoms with E-state index in [1.54, 1.807) is 0 Å². The zero-order chi connectivity index (χ0) is 42.0. The molecule has 0 aromatic carbocycles. The highest BCUT2D eigenvalue weighted by atomic mass is 31.2. The number of quaternary nitrogens is 1. The molecule has 0 aliphatic heterocycles. The highest BCUT2D eigenvalue weighted by Gasteiger charge is 2.20. The summed E-state index contributed by atoms with van der Waals surface area (Å²) in [6, 6.07) is 0. The monoisotopic (exact) mass is 826 g/mol. The molecule has 2 unspecified atom stereocenters. The van der Waals surface area contributed by atoms with E-state index < -0.39 is 13.9 Å². The van der Waals surface area contributed by atoms with Crippen molar-refractivity contribution in [3.63, 3.8) is 0 Å². The van der Waals surface area contributed by atoms with E-state index in [0.29, 0.717) is 24.1 Å². The normalized spacial score (nSPS) is 14.0. The fourth-order valence-electron chi connectivity index (χ4n) is 6.45. The summed E-state index contributed by atoms with van der Waals surface area (Å²) in [6.45, 7) is 5.38. The van der Waals surface area contributed by atoms with Crippen LogP contribution >= 0.6 is 7.82 Å². The van der Waals surface area contributed by atoms with Crippen LogP contribution in [0.2, 0.25) is 0 Å². The van der Waals surface area contributed by atoms with Crippen LogP contribution in [0.4, 0.5) is 0 Å². The van der Waals surface area contributed by atoms with E-state index in [1.165, 1.54) is 135 Å². The van der Waals surface area contributed by atoms with Crippen LogP contribution in [0, 0.1) is 0 Å². The molecule has 0 saturated heterocycles. The van der Waals surface area contributed by atoms with Crippen LogP contribution in [0.15, 0.2) is 36.5 Å². The first-order valence-corrected chi connectivity index (χ1v) is 25.2. The lowest BCUT2D eigenvalue weighted by molar-refractivity contribution is -0.870. The van der Waals surface area contributed by atoms with Crippen molar-refractivity contribution < 1.29 is 37.3 Å². The number of hydrogen-bond donors (Lipinski definition) is 0. The molecular formula is C48H92NO7P. The number of hydrogen-bond acceptors (Lipinski definition) is 7. The van der Waals surface area contributed by atoms with E-state index in [0.717, 1.165) is 51.4 Å². The molecule has 0 aliphatic rings. The molecule has 0 aromatic rings. The predicted octanol–water partition coefficient (Wildman–Crippen LogP) is 13.5. The molecule has 0 spiro atoms. The van der Waals surface area contributed by atoms with E-state index in [1.807, 2.05) is 21.1 Å². The van der Waals surface area contributed by atoms with E-state index in [9.17, 15) is 14.3 Å². The van der Waals surface area contributed by atoms with Gasteiger partial charge in [0.15, 0.2) is 0 Å². The number of allylic oxidation sites excluding steroid dienone is 6. The Bertz CT molecular complexity index is 1010. The summed E-state index contributed by atoms with van der Waals surface area (Å²) in [6.07, 6.45) is 48.7. The first kappa shape index (κ1) is 55.7. The topological polar surface area (TPSA) is 94.1 Å². The number of nitrogens with zero attached hydrogens (tertiary/aromatic N) is 1. The van der Waals surface area contributed by atoms with Gasteiger partial charge in [-0.15, -0.1) is 0 Å². The Morgan fingerprint density at radius 2 is 0.965 bits per heavy atom. The molecule has 0 bridgehead atoms. The SMILES string of the molecule is CCCCCC/C=C\C/C=C\CCCCCCCCOCC(COP(=O)([O-])OCC[N+](C)(C)C)OC(=O)CCCCCCCCC/C=C\CCCCCCCCC. The lowest BCUT2D eigenvalue weighted by Gasteiger charge is -2.28. The predicted molar refractivity (Wildman–Crippen MR) is 240 cm³/mol. The number of unbranched alkanes of at least 4 members (excludes halogenated alkanes) is 24. The maximum absolute atomic E-state index is 12.7. The van der Waals surface area contributed by atoms with Crippen molar-refractivity contribution in [2.45, 2.75) is 213 Å². The molecule has 8 nitrogen and oxygen atoms in total. The van der Waals surface area contributed by atoms with Crippen LogP contribution in [-0.2, 0) is 27.9 Å². The summed E-state index contributed by atoms with van der Waals surface area (Å²) >= 11 is 0. The van der Waals surface area contributed by atoms with Gasteiger partial charge in [-0.2, -0.15) is 0 Å². The Hall–Kier alpha value is -1.28. The minimum atomic E-state index is -4.53. The maximum atomic E-state index is 12.7. The third kappa shape index (κ3) is 45.7. The third-order valence-corrected chi connectivity index (χ3v) is 11.1. The van der Waals surface area contributed by atoms with Crippen molar-refractivity contribution in [2.24, 2.45) is 0 Å². The molecule has 0 aromatic heterocycles. The number of phosphoric acid groups is 1. The van der Waals surface area contributed by atoms with Crippen LogP contribution in [-0.4, -0.2) is 70.7 Å². The number of carbonyl (C=O) groups excluding carboxylic acids is 1. The van der Waals surface area contributed by atoms with Gasteiger partial charge in [-0.3, -0.25) is 9.36 Å². The molecule has 336 valence electrons. The fourth-order valence-corrected chi connectivity index (χ4v) is 7.18. The first-order valence-electron chi connectivity index (χ1n) is 23.7. The first-order chi connectivity index (χ1) is 27.6. The van der Waals surface area contributed by atoms with Crippen LogP contribution in [0.1, 0.15) is 206 Å². The van der Waals surface area contributed by atoms with Crippen molar-refractivity contribution in [1.82, 2.24) is 0 Å². The quantitative estimate of drug-likeness (QED) is 0.0198. The molecule has 9 heteroatoms. The lowest BCUT2D eigenvalue weighted by atomic mass is 10.1. The molecule has 0 amide bonds. The van der Waals surface area contributed by atoms with Crippen molar-refractivity contribution in [3.8, 4) is 0 Å². The number of rotatable bonds is 44. The van der Waals surface area contributed by atoms with Gasteiger partial charge >= 0.3 is 5.97 Å². The summed E-state index contributed by atoms with van der Waals surface area (Å²) in [5.74, 6) is -0.341. The van der Waals surface area contributed by atoms with Gasteiger partial charge in [0.25, 0.3) is 7.82 Å². The average molecular weight is 826 g/mol. The molecule has 0 fully saturated rings. The van der Waals surface area contributed by atoms with Crippen LogP contribution in [0.5, 0.6) is 0 Å². The number of phosphoric ester groups is 1. The van der Waals surface area contributed by atoms with Gasteiger partial charge in [0.1, 0.15) is 19.3 Å². The minimum absolute atomic E-state index is 0.0231. The molecule has 0 radical (unpaired) electrons. The number of esters is 1. The molecule has 57 heavy (non-hydrogen) atoms. The van der Waals surface area contributed by atoms with Gasteiger partial charge in [0.2, 0.25) is 0 Å². The Morgan fingerprint density at radius 3 is 1.46 bits per heavy atom.